The molecule has 1 aliphatic heterocycles. The van der Waals surface area contributed by atoms with Crippen molar-refractivity contribution in [3.63, 3.8) is 0 Å². The van der Waals surface area contributed by atoms with E-state index in [9.17, 15) is 0 Å². The van der Waals surface area contributed by atoms with Crippen LogP contribution < -0.4 is 5.32 Å². The minimum Gasteiger partial charge on any atom is -0.379 e. The zero-order valence-electron chi connectivity index (χ0n) is 11.2. The van der Waals surface area contributed by atoms with Crippen LogP contribution in [-0.4, -0.2) is 28.7 Å². The Balaban J connectivity index is 2.24. The van der Waals surface area contributed by atoms with Gasteiger partial charge in [-0.15, -0.1) is 0 Å². The van der Waals surface area contributed by atoms with E-state index in [0.717, 1.165) is 43.1 Å². The Kier molecular flexibility index (Phi) is 4.07. The first-order valence-electron chi connectivity index (χ1n) is 6.43. The molecular weight excluding hydrogens is 250 g/mol. The van der Waals surface area contributed by atoms with E-state index in [0.29, 0.717) is 11.8 Å². The number of halogens is 1. The lowest BCUT2D eigenvalue weighted by Gasteiger charge is -2.35. The van der Waals surface area contributed by atoms with Gasteiger partial charge in [0.15, 0.2) is 0 Å². The molecule has 1 N–H and O–H groups in total. The predicted octanol–water partition coefficient (Wildman–Crippen LogP) is 2.98. The summed E-state index contributed by atoms with van der Waals surface area (Å²) >= 11 is 6.14. The monoisotopic (exact) mass is 269 g/mol. The second-order valence-electron chi connectivity index (χ2n) is 5.10. The lowest BCUT2D eigenvalue weighted by Crippen LogP contribution is -2.43. The van der Waals surface area contributed by atoms with Crippen molar-refractivity contribution in [2.24, 2.45) is 0 Å². The number of rotatable bonds is 3. The molecule has 0 spiro atoms. The molecule has 0 aromatic carbocycles. The maximum absolute atomic E-state index is 6.14. The molecular formula is C13H20ClN3O. The zero-order chi connectivity index (χ0) is 13.2. The van der Waals surface area contributed by atoms with Gasteiger partial charge in [0, 0.05) is 18.6 Å². The molecule has 0 bridgehead atoms. The molecule has 2 heterocycles. The fraction of sp³-hybridized carbons (Fsp3) is 0.692. The van der Waals surface area contributed by atoms with E-state index in [1.54, 1.807) is 0 Å². The van der Waals surface area contributed by atoms with Crippen LogP contribution in [0.1, 0.15) is 38.1 Å². The Bertz CT molecular complexity index is 430. The van der Waals surface area contributed by atoms with Gasteiger partial charge in [0.2, 0.25) is 0 Å². The van der Waals surface area contributed by atoms with Crippen molar-refractivity contribution in [1.82, 2.24) is 9.97 Å². The Morgan fingerprint density at radius 2 is 2.22 bits per heavy atom. The van der Waals surface area contributed by atoms with E-state index in [2.05, 4.69) is 22.2 Å². The van der Waals surface area contributed by atoms with Crippen molar-refractivity contribution in [3.05, 3.63) is 16.5 Å². The number of ether oxygens (including phenoxy) is 1. The summed E-state index contributed by atoms with van der Waals surface area (Å²) in [5.74, 6) is 1.60. The van der Waals surface area contributed by atoms with Crippen LogP contribution in [0.3, 0.4) is 0 Å². The summed E-state index contributed by atoms with van der Waals surface area (Å²) in [7, 11) is 0. The molecule has 1 fully saturated rings. The smallest absolute Gasteiger partial charge is 0.137 e. The topological polar surface area (TPSA) is 47.0 Å². The Labute approximate surface area is 113 Å². The van der Waals surface area contributed by atoms with Gasteiger partial charge < -0.3 is 10.1 Å². The third kappa shape index (κ3) is 2.93. The third-order valence-electron chi connectivity index (χ3n) is 3.31. The number of nitrogens with zero attached hydrogens (tertiary/aromatic N) is 2. The Morgan fingerprint density at radius 1 is 1.44 bits per heavy atom. The summed E-state index contributed by atoms with van der Waals surface area (Å²) < 4.78 is 5.55. The number of hydrogen-bond donors (Lipinski definition) is 1. The highest BCUT2D eigenvalue weighted by Crippen LogP contribution is 2.27. The second-order valence-corrected chi connectivity index (χ2v) is 5.46. The van der Waals surface area contributed by atoms with E-state index >= 15 is 0 Å². The molecule has 0 radical (unpaired) electrons. The minimum absolute atomic E-state index is 0.0638. The predicted molar refractivity (Wildman–Crippen MR) is 73.2 cm³/mol. The maximum Gasteiger partial charge on any atom is 0.137 e. The highest BCUT2D eigenvalue weighted by Gasteiger charge is 2.28. The SMILES string of the molecule is CCc1nc(Cl)c(C)c(NC2(C)CCCOC2)n1. The Hall–Kier alpha value is -0.870. The first-order chi connectivity index (χ1) is 8.54. The van der Waals surface area contributed by atoms with Gasteiger partial charge in [-0.1, -0.05) is 18.5 Å². The molecule has 0 amide bonds. The molecule has 1 saturated heterocycles. The van der Waals surface area contributed by atoms with Crippen LogP contribution in [-0.2, 0) is 11.2 Å². The van der Waals surface area contributed by atoms with E-state index < -0.39 is 0 Å². The maximum atomic E-state index is 6.14. The van der Waals surface area contributed by atoms with Crippen LogP contribution in [0.25, 0.3) is 0 Å². The van der Waals surface area contributed by atoms with Crippen molar-refractivity contribution in [2.45, 2.75) is 45.6 Å². The van der Waals surface area contributed by atoms with E-state index in [1.807, 2.05) is 13.8 Å². The summed E-state index contributed by atoms with van der Waals surface area (Å²) in [6, 6.07) is 0. The molecule has 2 rings (SSSR count). The molecule has 1 aromatic rings. The molecule has 18 heavy (non-hydrogen) atoms. The average molecular weight is 270 g/mol. The highest BCUT2D eigenvalue weighted by molar-refractivity contribution is 6.30. The summed E-state index contributed by atoms with van der Waals surface area (Å²) in [6.07, 6.45) is 2.93. The number of nitrogens with one attached hydrogen (secondary N) is 1. The molecule has 1 atom stereocenters. The number of anilines is 1. The fourth-order valence-corrected chi connectivity index (χ4v) is 2.32. The number of aromatic nitrogens is 2. The van der Waals surface area contributed by atoms with Gasteiger partial charge in [-0.05, 0) is 26.7 Å². The van der Waals surface area contributed by atoms with Crippen LogP contribution in [0.15, 0.2) is 0 Å². The van der Waals surface area contributed by atoms with Gasteiger partial charge in [0.1, 0.15) is 16.8 Å². The van der Waals surface area contributed by atoms with Gasteiger partial charge in [0.05, 0.1) is 12.1 Å². The van der Waals surface area contributed by atoms with Crippen molar-refractivity contribution < 1.29 is 4.74 Å². The van der Waals surface area contributed by atoms with Gasteiger partial charge >= 0.3 is 0 Å². The molecule has 100 valence electrons. The summed E-state index contributed by atoms with van der Waals surface area (Å²) in [5.41, 5.74) is 0.840. The summed E-state index contributed by atoms with van der Waals surface area (Å²) in [4.78, 5) is 8.78. The molecule has 0 aliphatic carbocycles. The summed E-state index contributed by atoms with van der Waals surface area (Å²) in [6.45, 7) is 7.68. The molecule has 4 nitrogen and oxygen atoms in total. The lowest BCUT2D eigenvalue weighted by molar-refractivity contribution is 0.0538. The standard InChI is InChI=1S/C13H20ClN3O/c1-4-10-15-11(14)9(2)12(16-10)17-13(3)6-5-7-18-8-13/h4-8H2,1-3H3,(H,15,16,17). The van der Waals surface area contributed by atoms with E-state index in [1.165, 1.54) is 0 Å². The van der Waals surface area contributed by atoms with Crippen LogP contribution in [0, 0.1) is 6.92 Å². The third-order valence-corrected chi connectivity index (χ3v) is 3.67. The van der Waals surface area contributed by atoms with Gasteiger partial charge in [0.25, 0.3) is 0 Å². The van der Waals surface area contributed by atoms with Gasteiger partial charge in [-0.3, -0.25) is 0 Å². The lowest BCUT2D eigenvalue weighted by atomic mass is 9.95. The molecule has 1 aromatic heterocycles. The van der Waals surface area contributed by atoms with E-state index in [4.69, 9.17) is 16.3 Å². The zero-order valence-corrected chi connectivity index (χ0v) is 12.0. The molecule has 1 aliphatic rings. The largest absolute Gasteiger partial charge is 0.379 e. The van der Waals surface area contributed by atoms with Crippen LogP contribution in [0.5, 0.6) is 0 Å². The van der Waals surface area contributed by atoms with Crippen LogP contribution in [0.4, 0.5) is 5.82 Å². The normalized spacial score (nSPS) is 24.0. The van der Waals surface area contributed by atoms with Crippen molar-refractivity contribution >= 4 is 17.4 Å². The van der Waals surface area contributed by atoms with Crippen LogP contribution in [0.2, 0.25) is 5.15 Å². The summed E-state index contributed by atoms with van der Waals surface area (Å²) in [5, 5.41) is 4.01. The molecule has 1 unspecified atom stereocenters. The van der Waals surface area contributed by atoms with Gasteiger partial charge in [-0.2, -0.15) is 0 Å². The number of hydrogen-bond acceptors (Lipinski definition) is 4. The first kappa shape index (κ1) is 13.6. The molecule has 0 saturated carbocycles. The fourth-order valence-electron chi connectivity index (χ4n) is 2.13. The average Bonchev–Trinajstić information content (AvgIpc) is 2.35. The van der Waals surface area contributed by atoms with Crippen molar-refractivity contribution in [1.29, 1.82) is 0 Å². The van der Waals surface area contributed by atoms with Crippen LogP contribution >= 0.6 is 11.6 Å². The number of aryl methyl sites for hydroxylation is 1. The van der Waals surface area contributed by atoms with Crippen molar-refractivity contribution in [3.8, 4) is 0 Å². The van der Waals surface area contributed by atoms with Crippen molar-refractivity contribution in [2.75, 3.05) is 18.5 Å². The van der Waals surface area contributed by atoms with E-state index in [-0.39, 0.29) is 5.54 Å². The highest BCUT2D eigenvalue weighted by atomic mass is 35.5. The quantitative estimate of drug-likeness (QED) is 0.857. The minimum atomic E-state index is -0.0638. The first-order valence-corrected chi connectivity index (χ1v) is 6.81. The Morgan fingerprint density at radius 3 is 2.83 bits per heavy atom. The second kappa shape index (κ2) is 5.41. The van der Waals surface area contributed by atoms with Gasteiger partial charge in [-0.25, -0.2) is 9.97 Å². The molecule has 5 heteroatoms.